The molecule has 1 N–H and O–H groups in total. The largest absolute Gasteiger partial charge is 0.414 e. The summed E-state index contributed by atoms with van der Waals surface area (Å²) in [4.78, 5) is 0.330. The summed E-state index contributed by atoms with van der Waals surface area (Å²) in [6, 6.07) is 0. The predicted octanol–water partition coefficient (Wildman–Crippen LogP) is 2.78. The lowest BCUT2D eigenvalue weighted by Gasteiger charge is -2.12. The van der Waals surface area contributed by atoms with E-state index in [0.29, 0.717) is 4.99 Å². The summed E-state index contributed by atoms with van der Waals surface area (Å²) in [5.41, 5.74) is -0.596. The lowest BCUT2D eigenvalue weighted by atomic mass is 10.2. The Kier molecular flexibility index (Phi) is 3.70. The predicted molar refractivity (Wildman–Crippen MR) is 45.8 cm³/mol. The molecule has 0 aliphatic heterocycles. The molecule has 0 fully saturated rings. The fourth-order valence-electron chi connectivity index (χ4n) is 0.570. The first-order valence-electron chi connectivity index (χ1n) is 3.27. The average Bonchev–Trinajstić information content (AvgIpc) is 1.82. The van der Waals surface area contributed by atoms with Crippen molar-refractivity contribution in [3.05, 3.63) is 11.3 Å². The van der Waals surface area contributed by atoms with Gasteiger partial charge in [-0.05, 0) is 20.8 Å². The second-order valence-electron chi connectivity index (χ2n) is 2.43. The topological polar surface area (TPSA) is 12.0 Å². The Balaban J connectivity index is 4.58. The van der Waals surface area contributed by atoms with Crippen LogP contribution in [-0.2, 0) is 0 Å². The molecule has 5 heteroatoms. The van der Waals surface area contributed by atoms with E-state index in [-0.39, 0.29) is 5.70 Å². The molecule has 70 valence electrons. The van der Waals surface area contributed by atoms with Gasteiger partial charge in [-0.15, -0.1) is 0 Å². The van der Waals surface area contributed by atoms with Gasteiger partial charge in [-0.25, -0.2) is 0 Å². The third kappa shape index (κ3) is 3.71. The normalized spacial score (nSPS) is 13.8. The second-order valence-corrected chi connectivity index (χ2v) is 3.04. The van der Waals surface area contributed by atoms with Crippen LogP contribution < -0.4 is 5.32 Å². The molecule has 0 spiro atoms. The lowest BCUT2D eigenvalue weighted by Crippen LogP contribution is -2.21. The Morgan fingerprint density at radius 3 is 1.83 bits per heavy atom. The van der Waals surface area contributed by atoms with Gasteiger partial charge in [0.2, 0.25) is 0 Å². The van der Waals surface area contributed by atoms with Gasteiger partial charge in [0.15, 0.2) is 0 Å². The molecule has 0 saturated carbocycles. The van der Waals surface area contributed by atoms with Crippen molar-refractivity contribution in [2.45, 2.75) is 26.9 Å². The molecule has 0 aliphatic carbocycles. The first-order valence-corrected chi connectivity index (χ1v) is 3.68. The molecule has 0 aliphatic rings. The molecule has 0 atom stereocenters. The number of thiocarbonyl (C=S) groups is 1. The number of hydrogen-bond donors (Lipinski definition) is 1. The summed E-state index contributed by atoms with van der Waals surface area (Å²) < 4.78 is 36.0. The van der Waals surface area contributed by atoms with Crippen LogP contribution in [0.15, 0.2) is 11.3 Å². The molecule has 1 nitrogen and oxygen atoms in total. The van der Waals surface area contributed by atoms with Crippen LogP contribution in [0.2, 0.25) is 0 Å². The zero-order chi connectivity index (χ0) is 9.94. The standard InChI is InChI=1S/C7H10F3NS/c1-4(7(8,9)10)5(2)11-6(3)12/h1-3H3,(H,11,12)/b5-4-. The van der Waals surface area contributed by atoms with Crippen molar-refractivity contribution in [2.24, 2.45) is 0 Å². The van der Waals surface area contributed by atoms with Crippen LogP contribution in [0.4, 0.5) is 13.2 Å². The third-order valence-electron chi connectivity index (χ3n) is 1.35. The molecular formula is C7H10F3NS. The minimum atomic E-state index is -4.28. The highest BCUT2D eigenvalue weighted by Gasteiger charge is 2.31. The summed E-state index contributed by atoms with van der Waals surface area (Å²) in [5, 5.41) is 2.44. The fraction of sp³-hybridized carbons (Fsp3) is 0.571. The van der Waals surface area contributed by atoms with Crippen molar-refractivity contribution in [2.75, 3.05) is 0 Å². The summed E-state index contributed by atoms with van der Waals surface area (Å²) in [6.07, 6.45) is -4.28. The number of rotatable bonds is 1. The Hall–Kier alpha value is -0.580. The monoisotopic (exact) mass is 197 g/mol. The van der Waals surface area contributed by atoms with Gasteiger partial charge in [0.05, 0.1) is 4.99 Å². The van der Waals surface area contributed by atoms with Gasteiger partial charge in [-0.2, -0.15) is 13.2 Å². The molecular weight excluding hydrogens is 187 g/mol. The van der Waals surface area contributed by atoms with Crippen molar-refractivity contribution in [3.8, 4) is 0 Å². The summed E-state index contributed by atoms with van der Waals surface area (Å²) >= 11 is 4.60. The molecule has 12 heavy (non-hydrogen) atoms. The van der Waals surface area contributed by atoms with E-state index in [0.717, 1.165) is 6.92 Å². The highest BCUT2D eigenvalue weighted by molar-refractivity contribution is 7.80. The zero-order valence-corrected chi connectivity index (χ0v) is 7.86. The minimum Gasteiger partial charge on any atom is -0.354 e. The van der Waals surface area contributed by atoms with Gasteiger partial charge in [0, 0.05) is 11.3 Å². The smallest absolute Gasteiger partial charge is 0.354 e. The van der Waals surface area contributed by atoms with Crippen molar-refractivity contribution < 1.29 is 13.2 Å². The number of alkyl halides is 3. The SMILES string of the molecule is CC(=S)N/C(C)=C(/C)C(F)(F)F. The molecule has 0 rings (SSSR count). The molecule has 0 saturated heterocycles. The minimum absolute atomic E-state index is 0.0509. The highest BCUT2D eigenvalue weighted by Crippen LogP contribution is 2.26. The first-order chi connectivity index (χ1) is 5.25. The number of allylic oxidation sites excluding steroid dienone is 2. The van der Waals surface area contributed by atoms with Gasteiger partial charge in [-0.1, -0.05) is 12.2 Å². The molecule has 0 radical (unpaired) electrons. The number of hydrogen-bond acceptors (Lipinski definition) is 1. The van der Waals surface area contributed by atoms with Gasteiger partial charge >= 0.3 is 6.18 Å². The maximum Gasteiger partial charge on any atom is 0.414 e. The maximum absolute atomic E-state index is 12.0. The van der Waals surface area contributed by atoms with Crippen LogP contribution in [0.1, 0.15) is 20.8 Å². The van der Waals surface area contributed by atoms with Crippen molar-refractivity contribution in [3.63, 3.8) is 0 Å². The molecule has 0 amide bonds. The van der Waals surface area contributed by atoms with E-state index in [1.165, 1.54) is 13.8 Å². The average molecular weight is 197 g/mol. The van der Waals surface area contributed by atoms with Crippen LogP contribution in [-0.4, -0.2) is 11.2 Å². The van der Waals surface area contributed by atoms with Crippen LogP contribution in [0.5, 0.6) is 0 Å². The number of halogens is 3. The maximum atomic E-state index is 12.0. The van der Waals surface area contributed by atoms with E-state index in [1.54, 1.807) is 0 Å². The molecule has 0 bridgehead atoms. The first kappa shape index (κ1) is 11.4. The quantitative estimate of drug-likeness (QED) is 0.649. The molecule has 0 aromatic carbocycles. The third-order valence-corrected chi connectivity index (χ3v) is 1.45. The van der Waals surface area contributed by atoms with E-state index in [2.05, 4.69) is 17.5 Å². The number of nitrogens with one attached hydrogen (secondary N) is 1. The van der Waals surface area contributed by atoms with Crippen LogP contribution in [0.3, 0.4) is 0 Å². The summed E-state index contributed by atoms with van der Waals surface area (Å²) in [6.45, 7) is 3.89. The van der Waals surface area contributed by atoms with Crippen molar-refractivity contribution >= 4 is 17.2 Å². The van der Waals surface area contributed by atoms with Gasteiger partial charge < -0.3 is 5.32 Å². The summed E-state index contributed by atoms with van der Waals surface area (Å²) in [7, 11) is 0. The van der Waals surface area contributed by atoms with Crippen LogP contribution in [0, 0.1) is 0 Å². The Morgan fingerprint density at radius 1 is 1.17 bits per heavy atom. The molecule has 0 unspecified atom stereocenters. The van der Waals surface area contributed by atoms with Gasteiger partial charge in [0.25, 0.3) is 0 Å². The Morgan fingerprint density at radius 2 is 1.58 bits per heavy atom. The Bertz CT molecular complexity index is 217. The highest BCUT2D eigenvalue weighted by atomic mass is 32.1. The van der Waals surface area contributed by atoms with Gasteiger partial charge in [0.1, 0.15) is 0 Å². The summed E-state index contributed by atoms with van der Waals surface area (Å²) in [5.74, 6) is 0. The van der Waals surface area contributed by atoms with Gasteiger partial charge in [-0.3, -0.25) is 0 Å². The van der Waals surface area contributed by atoms with Crippen LogP contribution in [0.25, 0.3) is 0 Å². The van der Waals surface area contributed by atoms with Crippen molar-refractivity contribution in [1.29, 1.82) is 0 Å². The fourth-order valence-corrected chi connectivity index (χ4v) is 0.723. The van der Waals surface area contributed by atoms with E-state index in [1.807, 2.05) is 0 Å². The van der Waals surface area contributed by atoms with E-state index >= 15 is 0 Å². The van der Waals surface area contributed by atoms with E-state index < -0.39 is 11.7 Å². The van der Waals surface area contributed by atoms with E-state index in [9.17, 15) is 13.2 Å². The zero-order valence-electron chi connectivity index (χ0n) is 7.04. The molecule has 0 aromatic heterocycles. The second kappa shape index (κ2) is 3.89. The lowest BCUT2D eigenvalue weighted by molar-refractivity contribution is -0.0923. The molecule has 0 heterocycles. The van der Waals surface area contributed by atoms with E-state index in [4.69, 9.17) is 0 Å². The molecule has 0 aromatic rings. The van der Waals surface area contributed by atoms with Crippen molar-refractivity contribution in [1.82, 2.24) is 5.32 Å². The Labute approximate surface area is 74.6 Å². The van der Waals surface area contributed by atoms with Crippen LogP contribution >= 0.6 is 12.2 Å².